The Morgan fingerprint density at radius 2 is 1.67 bits per heavy atom. The van der Waals surface area contributed by atoms with Crippen molar-refractivity contribution >= 4 is 0 Å². The summed E-state index contributed by atoms with van der Waals surface area (Å²) in [6.07, 6.45) is 1.87. The molecule has 0 fully saturated rings. The molecule has 21 heavy (non-hydrogen) atoms. The summed E-state index contributed by atoms with van der Waals surface area (Å²) >= 11 is 0. The maximum Gasteiger partial charge on any atom is 0.119 e. The Morgan fingerprint density at radius 1 is 1.05 bits per heavy atom. The second-order valence-electron chi connectivity index (χ2n) is 6.57. The zero-order valence-corrected chi connectivity index (χ0v) is 14.1. The number of benzene rings is 1. The first-order chi connectivity index (χ1) is 9.86. The largest absolute Gasteiger partial charge is 0.491 e. The lowest BCUT2D eigenvalue weighted by molar-refractivity contribution is 0.103. The van der Waals surface area contributed by atoms with Crippen molar-refractivity contribution in [1.82, 2.24) is 5.32 Å². The Morgan fingerprint density at radius 3 is 2.24 bits per heavy atom. The molecule has 0 spiro atoms. The third-order valence-corrected chi connectivity index (χ3v) is 3.52. The van der Waals surface area contributed by atoms with E-state index in [1.807, 2.05) is 26.0 Å². The molecule has 0 bridgehead atoms. The average molecular weight is 293 g/mol. The van der Waals surface area contributed by atoms with E-state index in [0.717, 1.165) is 18.1 Å². The Labute approximate surface area is 129 Å². The first-order valence-corrected chi connectivity index (χ1v) is 7.99. The number of aliphatic hydroxyl groups is 1. The molecular weight excluding hydrogens is 262 g/mol. The second-order valence-corrected chi connectivity index (χ2v) is 6.57. The van der Waals surface area contributed by atoms with Crippen LogP contribution in [0.1, 0.15) is 44.7 Å². The van der Waals surface area contributed by atoms with E-state index in [-0.39, 0.29) is 0 Å². The molecule has 2 atom stereocenters. The highest BCUT2D eigenvalue weighted by molar-refractivity contribution is 5.32. The lowest BCUT2D eigenvalue weighted by atomic mass is 10.0. The molecule has 0 saturated heterocycles. The van der Waals surface area contributed by atoms with Crippen LogP contribution in [0.3, 0.4) is 0 Å². The van der Waals surface area contributed by atoms with E-state index in [2.05, 4.69) is 32.2 Å². The third kappa shape index (κ3) is 8.08. The number of rotatable bonds is 9. The van der Waals surface area contributed by atoms with E-state index >= 15 is 0 Å². The molecule has 0 unspecified atom stereocenters. The molecule has 0 heterocycles. The molecular formula is C18H31NO2. The zero-order chi connectivity index (χ0) is 15.8. The summed E-state index contributed by atoms with van der Waals surface area (Å²) in [4.78, 5) is 0. The van der Waals surface area contributed by atoms with Crippen LogP contribution in [0.2, 0.25) is 0 Å². The monoisotopic (exact) mass is 293 g/mol. The highest BCUT2D eigenvalue weighted by Gasteiger charge is 2.09. The van der Waals surface area contributed by atoms with Gasteiger partial charge >= 0.3 is 0 Å². The fourth-order valence-electron chi connectivity index (χ4n) is 2.29. The maximum atomic E-state index is 9.99. The van der Waals surface area contributed by atoms with Crippen molar-refractivity contribution < 1.29 is 9.84 Å². The van der Waals surface area contributed by atoms with Gasteiger partial charge in [-0.25, -0.2) is 0 Å². The third-order valence-electron chi connectivity index (χ3n) is 3.52. The quantitative estimate of drug-likeness (QED) is 0.732. The lowest BCUT2D eigenvalue weighted by Crippen LogP contribution is -2.36. The minimum absolute atomic E-state index is 0.326. The van der Waals surface area contributed by atoms with Gasteiger partial charge in [0.15, 0.2) is 0 Å². The van der Waals surface area contributed by atoms with Gasteiger partial charge in [0.1, 0.15) is 18.5 Å². The Kier molecular flexibility index (Phi) is 7.76. The summed E-state index contributed by atoms with van der Waals surface area (Å²) in [7, 11) is 0. The van der Waals surface area contributed by atoms with Crippen LogP contribution in [0.25, 0.3) is 0 Å². The van der Waals surface area contributed by atoms with Gasteiger partial charge in [0.25, 0.3) is 0 Å². The molecule has 120 valence electrons. The molecule has 1 aromatic rings. The van der Waals surface area contributed by atoms with Crippen LogP contribution in [0.4, 0.5) is 0 Å². The summed E-state index contributed by atoms with van der Waals surface area (Å²) in [6.45, 7) is 11.6. The molecule has 0 aliphatic rings. The van der Waals surface area contributed by atoms with Crippen LogP contribution in [0.15, 0.2) is 18.2 Å². The predicted molar refractivity (Wildman–Crippen MR) is 89.0 cm³/mol. The van der Waals surface area contributed by atoms with Crippen LogP contribution < -0.4 is 10.1 Å². The minimum Gasteiger partial charge on any atom is -0.491 e. The van der Waals surface area contributed by atoms with Crippen molar-refractivity contribution in [2.45, 2.75) is 59.6 Å². The zero-order valence-electron chi connectivity index (χ0n) is 14.1. The fourth-order valence-corrected chi connectivity index (χ4v) is 2.29. The van der Waals surface area contributed by atoms with Crippen LogP contribution in [-0.4, -0.2) is 30.4 Å². The summed E-state index contributed by atoms with van der Waals surface area (Å²) < 4.78 is 5.67. The van der Waals surface area contributed by atoms with Gasteiger partial charge in [-0.15, -0.1) is 0 Å². The number of aryl methyl sites for hydroxylation is 2. The summed E-state index contributed by atoms with van der Waals surface area (Å²) in [6, 6.07) is 6.54. The molecule has 1 aromatic carbocycles. The van der Waals surface area contributed by atoms with Crippen molar-refractivity contribution in [1.29, 1.82) is 0 Å². The topological polar surface area (TPSA) is 41.5 Å². The van der Waals surface area contributed by atoms with Crippen molar-refractivity contribution in [3.63, 3.8) is 0 Å². The highest BCUT2D eigenvalue weighted by Crippen LogP contribution is 2.16. The first kappa shape index (κ1) is 18.0. The number of aliphatic hydroxyl groups excluding tert-OH is 1. The summed E-state index contributed by atoms with van der Waals surface area (Å²) in [5.41, 5.74) is 2.36. The van der Waals surface area contributed by atoms with Gasteiger partial charge < -0.3 is 15.2 Å². The Hall–Kier alpha value is -1.06. The van der Waals surface area contributed by atoms with Gasteiger partial charge in [0, 0.05) is 12.6 Å². The van der Waals surface area contributed by atoms with E-state index < -0.39 is 6.10 Å². The number of hydrogen-bond acceptors (Lipinski definition) is 3. The SMILES string of the molecule is Cc1cc(C)cc(OC[C@H](O)CN[C@H](C)CCC(C)C)c1. The standard InChI is InChI=1S/C18H31NO2/c1-13(2)6-7-16(5)19-11-17(20)12-21-18-9-14(3)8-15(4)10-18/h8-10,13,16-17,19-20H,6-7,11-12H2,1-5H3/t16-,17-/m1/s1. The van der Waals surface area contributed by atoms with E-state index in [0.29, 0.717) is 19.2 Å². The van der Waals surface area contributed by atoms with Gasteiger partial charge in [-0.3, -0.25) is 0 Å². The smallest absolute Gasteiger partial charge is 0.119 e. The van der Waals surface area contributed by atoms with Crippen LogP contribution in [0, 0.1) is 19.8 Å². The molecule has 1 rings (SSSR count). The minimum atomic E-state index is -0.479. The van der Waals surface area contributed by atoms with Crippen molar-refractivity contribution in [3.8, 4) is 5.75 Å². The van der Waals surface area contributed by atoms with E-state index in [9.17, 15) is 5.11 Å². The molecule has 2 N–H and O–H groups in total. The van der Waals surface area contributed by atoms with Crippen LogP contribution in [0.5, 0.6) is 5.75 Å². The molecule has 3 nitrogen and oxygen atoms in total. The molecule has 0 aromatic heterocycles. The van der Waals surface area contributed by atoms with Gasteiger partial charge in [0.05, 0.1) is 0 Å². The normalized spacial score (nSPS) is 14.2. The fraction of sp³-hybridized carbons (Fsp3) is 0.667. The number of ether oxygens (including phenoxy) is 1. The van der Waals surface area contributed by atoms with Crippen molar-refractivity contribution in [3.05, 3.63) is 29.3 Å². The molecule has 0 aliphatic heterocycles. The van der Waals surface area contributed by atoms with E-state index in [1.165, 1.54) is 17.5 Å². The summed E-state index contributed by atoms with van der Waals surface area (Å²) in [5.74, 6) is 1.56. The van der Waals surface area contributed by atoms with E-state index in [4.69, 9.17) is 4.74 Å². The van der Waals surface area contributed by atoms with Gasteiger partial charge in [0.2, 0.25) is 0 Å². The van der Waals surface area contributed by atoms with Gasteiger partial charge in [-0.2, -0.15) is 0 Å². The first-order valence-electron chi connectivity index (χ1n) is 7.99. The molecule has 0 radical (unpaired) electrons. The molecule has 3 heteroatoms. The Bertz CT molecular complexity index is 397. The molecule has 0 amide bonds. The van der Waals surface area contributed by atoms with Crippen molar-refractivity contribution in [2.24, 2.45) is 5.92 Å². The van der Waals surface area contributed by atoms with Crippen LogP contribution in [-0.2, 0) is 0 Å². The van der Waals surface area contributed by atoms with Gasteiger partial charge in [-0.05, 0) is 62.8 Å². The van der Waals surface area contributed by atoms with E-state index in [1.54, 1.807) is 0 Å². The molecule has 0 aliphatic carbocycles. The average Bonchev–Trinajstić information content (AvgIpc) is 2.39. The summed E-state index contributed by atoms with van der Waals surface area (Å²) in [5, 5.41) is 13.4. The van der Waals surface area contributed by atoms with Gasteiger partial charge in [-0.1, -0.05) is 19.9 Å². The maximum absolute atomic E-state index is 9.99. The molecule has 0 saturated carbocycles. The van der Waals surface area contributed by atoms with Crippen molar-refractivity contribution in [2.75, 3.05) is 13.2 Å². The number of nitrogens with one attached hydrogen (secondary N) is 1. The lowest BCUT2D eigenvalue weighted by Gasteiger charge is -2.18. The van der Waals surface area contributed by atoms with Crippen LogP contribution >= 0.6 is 0 Å². The highest BCUT2D eigenvalue weighted by atomic mass is 16.5. The second kappa shape index (κ2) is 9.06. The Balaban J connectivity index is 2.26. The predicted octanol–water partition coefficient (Wildman–Crippen LogP) is 3.46. The number of hydrogen-bond donors (Lipinski definition) is 2.